The zero-order valence-electron chi connectivity index (χ0n) is 16.2. The van der Waals surface area contributed by atoms with Crippen LogP contribution in [0.1, 0.15) is 36.5 Å². The smallest absolute Gasteiger partial charge is 0.0130 e. The molecule has 142 valence electrons. The molecule has 0 aliphatic rings. The molecule has 0 fully saturated rings. The first-order valence-electron chi connectivity index (χ1n) is 9.63. The van der Waals surface area contributed by atoms with Crippen molar-refractivity contribution < 1.29 is 0 Å². The van der Waals surface area contributed by atoms with Crippen LogP contribution in [-0.2, 0) is 6.42 Å². The first kappa shape index (κ1) is 21.2. The maximum Gasteiger partial charge on any atom is 0.0130 e. The summed E-state index contributed by atoms with van der Waals surface area (Å²) in [5.41, 5.74) is 4.17. The van der Waals surface area contributed by atoms with E-state index in [0.29, 0.717) is 17.9 Å². The number of hydrogen-bond acceptors (Lipinski definition) is 1. The molecule has 0 spiro atoms. The van der Waals surface area contributed by atoms with E-state index in [4.69, 9.17) is 0 Å². The molecular formula is C25H30ClN. The standard InChI is InChI=1S/C25H29N.ClH/c1-20(21(2)26-19-18-22-12-6-3-7-13-22)25(23-14-8-4-9-15-23)24-16-10-5-11-17-24;/h3-17,20-21,25-26H,18-19H2,1-2H3;1H. The van der Waals surface area contributed by atoms with Gasteiger partial charge in [-0.15, -0.1) is 12.4 Å². The van der Waals surface area contributed by atoms with Crippen molar-refractivity contribution in [3.63, 3.8) is 0 Å². The number of nitrogens with one attached hydrogen (secondary N) is 1. The lowest BCUT2D eigenvalue weighted by molar-refractivity contribution is 0.369. The third kappa shape index (κ3) is 5.95. The minimum atomic E-state index is 0. The lowest BCUT2D eigenvalue weighted by atomic mass is 9.78. The van der Waals surface area contributed by atoms with Crippen molar-refractivity contribution in [1.82, 2.24) is 5.32 Å². The van der Waals surface area contributed by atoms with Crippen LogP contribution in [0.5, 0.6) is 0 Å². The van der Waals surface area contributed by atoms with Gasteiger partial charge in [-0.2, -0.15) is 0 Å². The van der Waals surface area contributed by atoms with Crippen molar-refractivity contribution in [2.75, 3.05) is 6.54 Å². The molecule has 0 aromatic heterocycles. The highest BCUT2D eigenvalue weighted by Crippen LogP contribution is 2.33. The predicted octanol–water partition coefficient (Wildman–Crippen LogP) is 6.10. The Hall–Kier alpha value is -2.09. The van der Waals surface area contributed by atoms with Gasteiger partial charge in [0.25, 0.3) is 0 Å². The van der Waals surface area contributed by atoms with Gasteiger partial charge in [0.05, 0.1) is 0 Å². The minimum absolute atomic E-state index is 0. The van der Waals surface area contributed by atoms with Crippen molar-refractivity contribution in [3.05, 3.63) is 108 Å². The van der Waals surface area contributed by atoms with E-state index in [-0.39, 0.29) is 12.4 Å². The van der Waals surface area contributed by atoms with Crippen molar-refractivity contribution in [2.45, 2.75) is 32.2 Å². The third-order valence-electron chi connectivity index (χ3n) is 5.35. The first-order chi connectivity index (χ1) is 12.8. The normalized spacial score (nSPS) is 13.0. The Morgan fingerprint density at radius 3 is 1.59 bits per heavy atom. The van der Waals surface area contributed by atoms with E-state index < -0.39 is 0 Å². The number of benzene rings is 3. The van der Waals surface area contributed by atoms with Gasteiger partial charge in [-0.05, 0) is 42.5 Å². The van der Waals surface area contributed by atoms with Crippen molar-refractivity contribution in [3.8, 4) is 0 Å². The van der Waals surface area contributed by atoms with Gasteiger partial charge in [0, 0.05) is 12.0 Å². The Bertz CT molecular complexity index is 719. The second kappa shape index (κ2) is 10.9. The SMILES string of the molecule is CC(NCCc1ccccc1)C(C)C(c1ccccc1)c1ccccc1.Cl. The summed E-state index contributed by atoms with van der Waals surface area (Å²) in [7, 11) is 0. The van der Waals surface area contributed by atoms with Crippen LogP contribution in [0.2, 0.25) is 0 Å². The molecule has 0 bridgehead atoms. The van der Waals surface area contributed by atoms with Gasteiger partial charge < -0.3 is 5.32 Å². The highest BCUT2D eigenvalue weighted by molar-refractivity contribution is 5.85. The summed E-state index contributed by atoms with van der Waals surface area (Å²) < 4.78 is 0. The van der Waals surface area contributed by atoms with Crippen LogP contribution in [0.4, 0.5) is 0 Å². The van der Waals surface area contributed by atoms with Crippen molar-refractivity contribution in [2.24, 2.45) is 5.92 Å². The summed E-state index contributed by atoms with van der Waals surface area (Å²) in [6.07, 6.45) is 1.07. The largest absolute Gasteiger partial charge is 0.314 e. The molecule has 0 saturated heterocycles. The maximum absolute atomic E-state index is 3.75. The highest BCUT2D eigenvalue weighted by atomic mass is 35.5. The minimum Gasteiger partial charge on any atom is -0.314 e. The molecule has 0 heterocycles. The molecule has 0 amide bonds. The lowest BCUT2D eigenvalue weighted by Crippen LogP contribution is -2.36. The summed E-state index contributed by atoms with van der Waals surface area (Å²) in [6.45, 7) is 5.69. The molecule has 27 heavy (non-hydrogen) atoms. The van der Waals surface area contributed by atoms with Crippen LogP contribution < -0.4 is 5.32 Å². The molecule has 3 aromatic carbocycles. The van der Waals surface area contributed by atoms with Gasteiger partial charge in [0.15, 0.2) is 0 Å². The van der Waals surface area contributed by atoms with Crippen LogP contribution >= 0.6 is 12.4 Å². The summed E-state index contributed by atoms with van der Waals surface area (Å²) >= 11 is 0. The van der Waals surface area contributed by atoms with E-state index in [1.165, 1.54) is 16.7 Å². The van der Waals surface area contributed by atoms with E-state index in [1.807, 2.05) is 0 Å². The first-order valence-corrected chi connectivity index (χ1v) is 9.63. The fourth-order valence-corrected chi connectivity index (χ4v) is 3.68. The predicted molar refractivity (Wildman–Crippen MR) is 119 cm³/mol. The molecular weight excluding hydrogens is 350 g/mol. The zero-order valence-corrected chi connectivity index (χ0v) is 17.0. The van der Waals surface area contributed by atoms with Gasteiger partial charge in [-0.25, -0.2) is 0 Å². The van der Waals surface area contributed by atoms with Gasteiger partial charge in [-0.3, -0.25) is 0 Å². The average molecular weight is 380 g/mol. The molecule has 1 nitrogen and oxygen atoms in total. The monoisotopic (exact) mass is 379 g/mol. The number of hydrogen-bond donors (Lipinski definition) is 1. The second-order valence-electron chi connectivity index (χ2n) is 7.14. The van der Waals surface area contributed by atoms with Crippen LogP contribution in [0.15, 0.2) is 91.0 Å². The van der Waals surface area contributed by atoms with E-state index >= 15 is 0 Å². The number of halogens is 1. The zero-order chi connectivity index (χ0) is 18.2. The molecule has 0 aliphatic heterocycles. The topological polar surface area (TPSA) is 12.0 Å². The lowest BCUT2D eigenvalue weighted by Gasteiger charge is -2.30. The molecule has 2 heteroatoms. The highest BCUT2D eigenvalue weighted by Gasteiger charge is 2.25. The quantitative estimate of drug-likeness (QED) is 0.498. The summed E-state index contributed by atoms with van der Waals surface area (Å²) in [5.74, 6) is 0.896. The fourth-order valence-electron chi connectivity index (χ4n) is 3.68. The van der Waals surface area contributed by atoms with Crippen LogP contribution in [0, 0.1) is 5.92 Å². The molecule has 3 rings (SSSR count). The van der Waals surface area contributed by atoms with E-state index in [2.05, 4.69) is 110 Å². The average Bonchev–Trinajstić information content (AvgIpc) is 2.70. The Labute approximate surface area is 170 Å². The molecule has 0 saturated carbocycles. The van der Waals surface area contributed by atoms with Crippen molar-refractivity contribution in [1.29, 1.82) is 0 Å². The molecule has 2 atom stereocenters. The Morgan fingerprint density at radius 2 is 1.11 bits per heavy atom. The molecule has 3 aromatic rings. The maximum atomic E-state index is 3.75. The number of rotatable bonds is 8. The third-order valence-corrected chi connectivity index (χ3v) is 5.35. The fraction of sp³-hybridized carbons (Fsp3) is 0.280. The van der Waals surface area contributed by atoms with Crippen molar-refractivity contribution >= 4 is 12.4 Å². The van der Waals surface area contributed by atoms with Gasteiger partial charge in [-0.1, -0.05) is 97.9 Å². The molecule has 0 aliphatic carbocycles. The summed E-state index contributed by atoms with van der Waals surface area (Å²) in [6, 6.07) is 32.9. The van der Waals surface area contributed by atoms with Crippen LogP contribution in [-0.4, -0.2) is 12.6 Å². The van der Waals surface area contributed by atoms with E-state index in [0.717, 1.165) is 13.0 Å². The van der Waals surface area contributed by atoms with Crippen LogP contribution in [0.25, 0.3) is 0 Å². The van der Waals surface area contributed by atoms with Crippen LogP contribution in [0.3, 0.4) is 0 Å². The van der Waals surface area contributed by atoms with E-state index in [9.17, 15) is 0 Å². The summed E-state index contributed by atoms with van der Waals surface area (Å²) in [5, 5.41) is 3.75. The Balaban J connectivity index is 0.00000261. The van der Waals surface area contributed by atoms with Gasteiger partial charge >= 0.3 is 0 Å². The molecule has 0 radical (unpaired) electrons. The van der Waals surface area contributed by atoms with E-state index in [1.54, 1.807) is 0 Å². The second-order valence-corrected chi connectivity index (χ2v) is 7.14. The van der Waals surface area contributed by atoms with Gasteiger partial charge in [0.2, 0.25) is 0 Å². The van der Waals surface area contributed by atoms with Gasteiger partial charge in [0.1, 0.15) is 0 Å². The molecule has 2 unspecified atom stereocenters. The summed E-state index contributed by atoms with van der Waals surface area (Å²) in [4.78, 5) is 0. The Kier molecular flexibility index (Phi) is 8.57. The molecule has 1 N–H and O–H groups in total. The Morgan fingerprint density at radius 1 is 0.667 bits per heavy atom.